The number of hydrazone groups is 1. The summed E-state index contributed by atoms with van der Waals surface area (Å²) in [5.74, 6) is 1.73. The molecule has 7 heteroatoms. The van der Waals surface area contributed by atoms with Crippen molar-refractivity contribution >= 4 is 23.1 Å². The van der Waals surface area contributed by atoms with Crippen LogP contribution in [0, 0.1) is 0 Å². The Hall–Kier alpha value is -3.48. The molecule has 30 heavy (non-hydrogen) atoms. The second-order valence-corrected chi connectivity index (χ2v) is 6.69. The van der Waals surface area contributed by atoms with Crippen molar-refractivity contribution < 1.29 is 23.4 Å². The molecule has 0 fully saturated rings. The molecule has 0 radical (unpaired) electrons. The van der Waals surface area contributed by atoms with E-state index in [0.717, 1.165) is 23.1 Å². The molecule has 1 atom stereocenters. The summed E-state index contributed by atoms with van der Waals surface area (Å²) in [4.78, 5) is 12.4. The van der Waals surface area contributed by atoms with E-state index in [1.165, 1.54) is 6.21 Å². The highest BCUT2D eigenvalue weighted by Gasteiger charge is 2.12. The fourth-order valence-corrected chi connectivity index (χ4v) is 2.77. The van der Waals surface area contributed by atoms with Gasteiger partial charge in [-0.25, -0.2) is 5.43 Å². The van der Waals surface area contributed by atoms with Crippen LogP contribution in [-0.2, 0) is 0 Å². The Morgan fingerprint density at radius 2 is 2.00 bits per heavy atom. The fourth-order valence-electron chi connectivity index (χ4n) is 2.77. The van der Waals surface area contributed by atoms with Crippen LogP contribution in [0.3, 0.4) is 0 Å². The van der Waals surface area contributed by atoms with Crippen LogP contribution >= 0.6 is 0 Å². The zero-order valence-corrected chi connectivity index (χ0v) is 17.6. The van der Waals surface area contributed by atoms with E-state index in [-0.39, 0.29) is 11.9 Å². The third kappa shape index (κ3) is 5.11. The molecule has 0 aliphatic carbocycles. The minimum atomic E-state index is -0.441. The molecule has 0 aliphatic rings. The van der Waals surface area contributed by atoms with Gasteiger partial charge in [-0.1, -0.05) is 6.92 Å². The number of carbonyl (C=O) groups is 1. The summed E-state index contributed by atoms with van der Waals surface area (Å²) in [6.07, 6.45) is 2.52. The number of carbonyl (C=O) groups excluding carboxylic acids is 1. The van der Waals surface area contributed by atoms with Gasteiger partial charge >= 0.3 is 5.91 Å². The number of methoxy groups -OCH3 is 1. The van der Waals surface area contributed by atoms with Gasteiger partial charge in [-0.05, 0) is 68.3 Å². The molecule has 7 nitrogen and oxygen atoms in total. The highest BCUT2D eigenvalue weighted by molar-refractivity contribution is 5.96. The number of furan rings is 1. The molecule has 2 aromatic carbocycles. The molecule has 1 aromatic heterocycles. The maximum absolute atomic E-state index is 12.4. The number of nitrogens with zero attached hydrogens (tertiary/aromatic N) is 1. The summed E-state index contributed by atoms with van der Waals surface area (Å²) in [5, 5.41) is 4.80. The fraction of sp³-hybridized carbons (Fsp3) is 0.304. The van der Waals surface area contributed by atoms with Gasteiger partial charge < -0.3 is 18.6 Å². The van der Waals surface area contributed by atoms with Crippen LogP contribution in [0.1, 0.15) is 43.3 Å². The van der Waals surface area contributed by atoms with Crippen molar-refractivity contribution in [3.8, 4) is 17.2 Å². The first-order valence-electron chi connectivity index (χ1n) is 9.88. The van der Waals surface area contributed by atoms with Crippen molar-refractivity contribution in [2.24, 2.45) is 5.10 Å². The molecule has 158 valence electrons. The van der Waals surface area contributed by atoms with E-state index in [0.29, 0.717) is 23.7 Å². The summed E-state index contributed by atoms with van der Waals surface area (Å²) in [6.45, 7) is 6.54. The van der Waals surface area contributed by atoms with E-state index in [1.807, 2.05) is 32.0 Å². The zero-order chi connectivity index (χ0) is 21.5. The van der Waals surface area contributed by atoms with Crippen molar-refractivity contribution in [3.63, 3.8) is 0 Å². The molecule has 1 amide bonds. The SMILES string of the molecule is CCOc1ccc2oc(C(=O)N/N=C/c3ccc(O[C@@H](C)CC)c(OC)c3)cc2c1. The standard InChI is InChI=1S/C23H26N2O5/c1-5-15(3)29-20-9-7-16(11-21(20)27-4)14-24-25-23(26)22-13-17-12-18(28-6-2)8-10-19(17)30-22/h7-15H,5-6H2,1-4H3,(H,25,26)/b24-14+/t15-/m0/s1. The molecule has 3 aromatic rings. The number of hydrogen-bond acceptors (Lipinski definition) is 6. The predicted octanol–water partition coefficient (Wildman–Crippen LogP) is 4.78. The average Bonchev–Trinajstić information content (AvgIpc) is 3.18. The average molecular weight is 410 g/mol. The number of nitrogens with one attached hydrogen (secondary N) is 1. The van der Waals surface area contributed by atoms with Gasteiger partial charge in [0, 0.05) is 5.39 Å². The number of benzene rings is 2. The molecule has 0 spiro atoms. The monoisotopic (exact) mass is 410 g/mol. The molecule has 0 aliphatic heterocycles. The lowest BCUT2D eigenvalue weighted by atomic mass is 10.2. The van der Waals surface area contributed by atoms with E-state index in [1.54, 1.807) is 31.4 Å². The van der Waals surface area contributed by atoms with E-state index in [2.05, 4.69) is 17.5 Å². The Bertz CT molecular complexity index is 1040. The lowest BCUT2D eigenvalue weighted by molar-refractivity contribution is 0.0929. The maximum atomic E-state index is 12.4. The maximum Gasteiger partial charge on any atom is 0.307 e. The molecule has 3 rings (SSSR count). The molecule has 0 unspecified atom stereocenters. The summed E-state index contributed by atoms with van der Waals surface area (Å²) >= 11 is 0. The Morgan fingerprint density at radius 3 is 2.73 bits per heavy atom. The van der Waals surface area contributed by atoms with Gasteiger partial charge in [-0.3, -0.25) is 4.79 Å². The third-order valence-electron chi connectivity index (χ3n) is 4.49. The molecule has 0 saturated heterocycles. The van der Waals surface area contributed by atoms with Crippen LogP contribution in [0.4, 0.5) is 0 Å². The summed E-state index contributed by atoms with van der Waals surface area (Å²) < 4.78 is 22.3. The molecular weight excluding hydrogens is 384 g/mol. The van der Waals surface area contributed by atoms with Gasteiger partial charge in [-0.15, -0.1) is 0 Å². The van der Waals surface area contributed by atoms with E-state index in [9.17, 15) is 4.79 Å². The van der Waals surface area contributed by atoms with Crippen molar-refractivity contribution in [2.45, 2.75) is 33.3 Å². The number of amides is 1. The van der Waals surface area contributed by atoms with Gasteiger partial charge in [0.05, 0.1) is 26.0 Å². The van der Waals surface area contributed by atoms with Gasteiger partial charge in [0.1, 0.15) is 11.3 Å². The number of fused-ring (bicyclic) bond motifs is 1. The Morgan fingerprint density at radius 1 is 1.17 bits per heavy atom. The van der Waals surface area contributed by atoms with Gasteiger partial charge in [0.25, 0.3) is 0 Å². The second-order valence-electron chi connectivity index (χ2n) is 6.69. The first kappa shape index (κ1) is 21.2. The van der Waals surface area contributed by atoms with E-state index >= 15 is 0 Å². The normalized spacial score (nSPS) is 12.1. The smallest absolute Gasteiger partial charge is 0.307 e. The topological polar surface area (TPSA) is 82.3 Å². The molecule has 0 saturated carbocycles. The van der Waals surface area contributed by atoms with Crippen LogP contribution < -0.4 is 19.6 Å². The Labute approximate surface area is 175 Å². The number of ether oxygens (including phenoxy) is 3. The van der Waals surface area contributed by atoms with Crippen LogP contribution in [0.5, 0.6) is 17.2 Å². The quantitative estimate of drug-likeness (QED) is 0.405. The Balaban J connectivity index is 1.67. The van der Waals surface area contributed by atoms with Crippen molar-refractivity contribution in [2.75, 3.05) is 13.7 Å². The number of rotatable bonds is 9. The highest BCUT2D eigenvalue weighted by Crippen LogP contribution is 2.29. The molecule has 1 N–H and O–H groups in total. The van der Waals surface area contributed by atoms with Crippen molar-refractivity contribution in [1.29, 1.82) is 0 Å². The highest BCUT2D eigenvalue weighted by atomic mass is 16.5. The molecule has 0 bridgehead atoms. The Kier molecular flexibility index (Phi) is 6.95. The van der Waals surface area contributed by atoms with Crippen LogP contribution in [0.15, 0.2) is 52.0 Å². The summed E-state index contributed by atoms with van der Waals surface area (Å²) in [6, 6.07) is 12.5. The predicted molar refractivity (Wildman–Crippen MR) is 116 cm³/mol. The third-order valence-corrected chi connectivity index (χ3v) is 4.49. The summed E-state index contributed by atoms with van der Waals surface area (Å²) in [5.41, 5.74) is 3.84. The zero-order valence-electron chi connectivity index (χ0n) is 17.6. The van der Waals surface area contributed by atoms with E-state index < -0.39 is 5.91 Å². The minimum Gasteiger partial charge on any atom is -0.494 e. The van der Waals surface area contributed by atoms with Gasteiger partial charge in [0.15, 0.2) is 17.3 Å². The minimum absolute atomic E-state index is 0.0890. The first-order valence-corrected chi connectivity index (χ1v) is 9.88. The van der Waals surface area contributed by atoms with Crippen molar-refractivity contribution in [3.05, 3.63) is 53.8 Å². The van der Waals surface area contributed by atoms with Gasteiger partial charge in [-0.2, -0.15) is 5.10 Å². The largest absolute Gasteiger partial charge is 0.494 e. The summed E-state index contributed by atoms with van der Waals surface area (Å²) in [7, 11) is 1.58. The molecular formula is C23H26N2O5. The van der Waals surface area contributed by atoms with Crippen molar-refractivity contribution in [1.82, 2.24) is 5.43 Å². The lowest BCUT2D eigenvalue weighted by Gasteiger charge is -2.15. The van der Waals surface area contributed by atoms with Crippen LogP contribution in [0.2, 0.25) is 0 Å². The van der Waals surface area contributed by atoms with Gasteiger partial charge in [0.2, 0.25) is 0 Å². The van der Waals surface area contributed by atoms with Crippen LogP contribution in [-0.4, -0.2) is 31.9 Å². The van der Waals surface area contributed by atoms with Crippen LogP contribution in [0.25, 0.3) is 11.0 Å². The van der Waals surface area contributed by atoms with E-state index in [4.69, 9.17) is 18.6 Å². The lowest BCUT2D eigenvalue weighted by Crippen LogP contribution is -2.16. The second kappa shape index (κ2) is 9.82. The molecule has 1 heterocycles. The first-order chi connectivity index (χ1) is 14.5. The number of hydrogen-bond donors (Lipinski definition) is 1.